The highest BCUT2D eigenvalue weighted by molar-refractivity contribution is 6.57. The summed E-state index contributed by atoms with van der Waals surface area (Å²) in [5.74, 6) is -0.318. The molecule has 0 radical (unpaired) electrons. The molecule has 0 aromatic heterocycles. The number of hydrogen-bond donors (Lipinski definition) is 1. The molecule has 0 aliphatic carbocycles. The molecule has 4 heteroatoms. The zero-order valence-electron chi connectivity index (χ0n) is 7.49. The molecule has 72 valence electrons. The summed E-state index contributed by atoms with van der Waals surface area (Å²) < 4.78 is -1.30. The van der Waals surface area contributed by atoms with Gasteiger partial charge >= 0.3 is 0 Å². The summed E-state index contributed by atoms with van der Waals surface area (Å²) in [5, 5.41) is 2.65. The zero-order chi connectivity index (χ0) is 9.61. The van der Waals surface area contributed by atoms with Crippen molar-refractivity contribution in [1.29, 1.82) is 0 Å². The molecule has 12 heavy (non-hydrogen) atoms. The molecule has 0 fully saturated rings. The minimum absolute atomic E-state index is 0.318. The largest absolute Gasteiger partial charge is 0.354 e. The average Bonchev–Trinajstić information content (AvgIpc) is 1.96. The van der Waals surface area contributed by atoms with Crippen molar-refractivity contribution < 1.29 is 4.79 Å². The van der Waals surface area contributed by atoms with Crippen molar-refractivity contribution in [2.45, 2.75) is 37.4 Å². The van der Waals surface area contributed by atoms with E-state index in [0.29, 0.717) is 6.54 Å². The van der Waals surface area contributed by atoms with E-state index in [-0.39, 0.29) is 5.91 Å². The van der Waals surface area contributed by atoms with E-state index in [1.165, 1.54) is 6.92 Å². The summed E-state index contributed by atoms with van der Waals surface area (Å²) in [6.45, 7) is 4.22. The van der Waals surface area contributed by atoms with Crippen molar-refractivity contribution in [3.05, 3.63) is 0 Å². The Labute approximate surface area is 83.6 Å². The van der Waals surface area contributed by atoms with E-state index < -0.39 is 4.33 Å². The van der Waals surface area contributed by atoms with Crippen molar-refractivity contribution in [1.82, 2.24) is 5.32 Å². The molecule has 0 aromatic rings. The van der Waals surface area contributed by atoms with Gasteiger partial charge in [-0.3, -0.25) is 4.79 Å². The molecule has 2 nitrogen and oxygen atoms in total. The predicted octanol–water partition coefficient (Wildman–Crippen LogP) is 2.49. The molecule has 1 amide bonds. The highest BCUT2D eigenvalue weighted by Gasteiger charge is 2.26. The highest BCUT2D eigenvalue weighted by Crippen LogP contribution is 2.18. The maximum Gasteiger partial charge on any atom is 0.256 e. The molecule has 0 aliphatic rings. The third-order valence-corrected chi connectivity index (χ3v) is 1.81. The fourth-order valence-electron chi connectivity index (χ4n) is 0.732. The zero-order valence-corrected chi connectivity index (χ0v) is 9.00. The van der Waals surface area contributed by atoms with Crippen LogP contribution in [-0.2, 0) is 4.79 Å². The van der Waals surface area contributed by atoms with Crippen LogP contribution in [0.5, 0.6) is 0 Å². The van der Waals surface area contributed by atoms with Gasteiger partial charge in [0.05, 0.1) is 0 Å². The molecule has 0 aliphatic heterocycles. The van der Waals surface area contributed by atoms with Crippen LogP contribution in [0.1, 0.15) is 33.1 Å². The van der Waals surface area contributed by atoms with Gasteiger partial charge in [-0.25, -0.2) is 0 Å². The van der Waals surface area contributed by atoms with Crippen LogP contribution in [0, 0.1) is 0 Å². The second-order valence-corrected chi connectivity index (χ2v) is 4.56. The second kappa shape index (κ2) is 5.65. The molecule has 0 bridgehead atoms. The lowest BCUT2D eigenvalue weighted by molar-refractivity contribution is -0.121. The molecule has 0 unspecified atom stereocenters. The van der Waals surface area contributed by atoms with Gasteiger partial charge in [-0.05, 0) is 13.3 Å². The third-order valence-electron chi connectivity index (χ3n) is 1.46. The van der Waals surface area contributed by atoms with Crippen molar-refractivity contribution in [2.24, 2.45) is 0 Å². The minimum atomic E-state index is -1.30. The van der Waals surface area contributed by atoms with Gasteiger partial charge in [-0.1, -0.05) is 43.0 Å². The first-order valence-corrected chi connectivity index (χ1v) is 4.90. The van der Waals surface area contributed by atoms with Crippen LogP contribution >= 0.6 is 23.2 Å². The van der Waals surface area contributed by atoms with Crippen molar-refractivity contribution >= 4 is 29.1 Å². The summed E-state index contributed by atoms with van der Waals surface area (Å²) in [6.07, 6.45) is 3.22. The predicted molar refractivity (Wildman–Crippen MR) is 52.6 cm³/mol. The smallest absolute Gasteiger partial charge is 0.256 e. The lowest BCUT2D eigenvalue weighted by atomic mass is 10.2. The molecule has 0 aromatic carbocycles. The monoisotopic (exact) mass is 211 g/mol. The summed E-state index contributed by atoms with van der Waals surface area (Å²) in [4.78, 5) is 11.1. The number of rotatable bonds is 5. The standard InChI is InChI=1S/C8H15Cl2NO/c1-3-4-5-6-11-7(12)8(2,9)10/h3-6H2,1-2H3,(H,11,12). The number of amides is 1. The molecular weight excluding hydrogens is 197 g/mol. The van der Waals surface area contributed by atoms with Crippen LogP contribution in [0.4, 0.5) is 0 Å². The van der Waals surface area contributed by atoms with Gasteiger partial charge in [0.25, 0.3) is 5.91 Å². The number of hydrogen-bond acceptors (Lipinski definition) is 1. The van der Waals surface area contributed by atoms with E-state index in [2.05, 4.69) is 12.2 Å². The lowest BCUT2D eigenvalue weighted by Crippen LogP contribution is -2.36. The number of carbonyl (C=O) groups excluding carboxylic acids is 1. The van der Waals surface area contributed by atoms with Crippen LogP contribution < -0.4 is 5.32 Å². The van der Waals surface area contributed by atoms with Crippen LogP contribution in [0.3, 0.4) is 0 Å². The van der Waals surface area contributed by atoms with Crippen LogP contribution in [0.25, 0.3) is 0 Å². The summed E-state index contributed by atoms with van der Waals surface area (Å²) in [6, 6.07) is 0. The van der Waals surface area contributed by atoms with Crippen LogP contribution in [0.15, 0.2) is 0 Å². The van der Waals surface area contributed by atoms with Gasteiger partial charge in [0.2, 0.25) is 0 Å². The molecule has 0 heterocycles. The molecule has 0 spiro atoms. The van der Waals surface area contributed by atoms with Gasteiger partial charge < -0.3 is 5.32 Å². The Bertz CT molecular complexity index is 142. The van der Waals surface area contributed by atoms with Gasteiger partial charge in [0.1, 0.15) is 0 Å². The molecular formula is C8H15Cl2NO. The average molecular weight is 212 g/mol. The molecule has 0 saturated carbocycles. The van der Waals surface area contributed by atoms with Gasteiger partial charge in [0, 0.05) is 6.54 Å². The normalized spacial score (nSPS) is 11.3. The fraction of sp³-hybridized carbons (Fsp3) is 0.875. The Hall–Kier alpha value is 0.0500. The topological polar surface area (TPSA) is 29.1 Å². The fourth-order valence-corrected chi connectivity index (χ4v) is 0.866. The van der Waals surface area contributed by atoms with Crippen molar-refractivity contribution in [3.8, 4) is 0 Å². The Kier molecular flexibility index (Phi) is 5.68. The first-order valence-electron chi connectivity index (χ1n) is 4.14. The van der Waals surface area contributed by atoms with Crippen molar-refractivity contribution in [2.75, 3.05) is 6.54 Å². The molecule has 0 rings (SSSR count). The van der Waals surface area contributed by atoms with Gasteiger partial charge in [-0.2, -0.15) is 0 Å². The molecule has 1 N–H and O–H groups in total. The molecule has 0 atom stereocenters. The summed E-state index contributed by atoms with van der Waals surface area (Å²) in [5.41, 5.74) is 0. The van der Waals surface area contributed by atoms with E-state index >= 15 is 0 Å². The maximum absolute atomic E-state index is 11.1. The number of alkyl halides is 2. The summed E-state index contributed by atoms with van der Waals surface area (Å²) in [7, 11) is 0. The Balaban J connectivity index is 3.45. The SMILES string of the molecule is CCCCCNC(=O)C(C)(Cl)Cl. The second-order valence-electron chi connectivity index (χ2n) is 2.85. The first-order chi connectivity index (χ1) is 5.48. The van der Waals surface area contributed by atoms with Crippen LogP contribution in [0.2, 0.25) is 0 Å². The summed E-state index contributed by atoms with van der Waals surface area (Å²) >= 11 is 11.1. The number of halogens is 2. The van der Waals surface area contributed by atoms with E-state index in [9.17, 15) is 4.79 Å². The maximum atomic E-state index is 11.1. The Morgan fingerprint density at radius 1 is 1.42 bits per heavy atom. The third kappa shape index (κ3) is 5.67. The minimum Gasteiger partial charge on any atom is -0.354 e. The van der Waals surface area contributed by atoms with Crippen LogP contribution in [-0.4, -0.2) is 16.8 Å². The molecule has 0 saturated heterocycles. The van der Waals surface area contributed by atoms with Gasteiger partial charge in [-0.15, -0.1) is 0 Å². The lowest BCUT2D eigenvalue weighted by Gasteiger charge is -2.12. The van der Waals surface area contributed by atoms with E-state index in [0.717, 1.165) is 19.3 Å². The quantitative estimate of drug-likeness (QED) is 0.550. The van der Waals surface area contributed by atoms with E-state index in [1.54, 1.807) is 0 Å². The Morgan fingerprint density at radius 2 is 2.00 bits per heavy atom. The highest BCUT2D eigenvalue weighted by atomic mass is 35.5. The van der Waals surface area contributed by atoms with Gasteiger partial charge in [0.15, 0.2) is 4.33 Å². The Morgan fingerprint density at radius 3 is 2.42 bits per heavy atom. The van der Waals surface area contributed by atoms with E-state index in [4.69, 9.17) is 23.2 Å². The first kappa shape index (κ1) is 12.0. The number of unbranched alkanes of at least 4 members (excludes halogenated alkanes) is 2. The number of carbonyl (C=O) groups is 1. The van der Waals surface area contributed by atoms with E-state index in [1.807, 2.05) is 0 Å². The number of nitrogens with one attached hydrogen (secondary N) is 1. The van der Waals surface area contributed by atoms with Crippen molar-refractivity contribution in [3.63, 3.8) is 0 Å².